The second-order valence-corrected chi connectivity index (χ2v) is 6.33. The number of benzene rings is 2. The molecule has 0 saturated heterocycles. The van der Waals surface area contributed by atoms with Crippen LogP contribution < -0.4 is 14.8 Å². The van der Waals surface area contributed by atoms with Gasteiger partial charge in [0, 0.05) is 17.8 Å². The summed E-state index contributed by atoms with van der Waals surface area (Å²) in [4.78, 5) is 0. The van der Waals surface area contributed by atoms with Crippen molar-refractivity contribution < 1.29 is 9.47 Å². The molecular formula is C20H27NO2. The van der Waals surface area contributed by atoms with E-state index in [9.17, 15) is 0 Å². The van der Waals surface area contributed by atoms with Gasteiger partial charge in [-0.25, -0.2) is 0 Å². The standard InChI is InChI=1S/C20H27NO2/c1-14(2)13-23-20-17(7-6-8-19(20)22-5)12-21-18-10-9-15(3)11-16(18)4/h6-11,14,21H,12-13H2,1-5H3. The molecule has 23 heavy (non-hydrogen) atoms. The molecule has 0 aliphatic heterocycles. The summed E-state index contributed by atoms with van der Waals surface area (Å²) < 4.78 is 11.5. The average Bonchev–Trinajstić information content (AvgIpc) is 2.52. The summed E-state index contributed by atoms with van der Waals surface area (Å²) in [6, 6.07) is 12.5. The minimum absolute atomic E-state index is 0.472. The number of anilines is 1. The number of rotatable bonds is 7. The first-order valence-corrected chi connectivity index (χ1v) is 8.11. The number of para-hydroxylation sites is 1. The minimum atomic E-state index is 0.472. The van der Waals surface area contributed by atoms with Crippen LogP contribution in [0.2, 0.25) is 0 Å². The lowest BCUT2D eigenvalue weighted by Gasteiger charge is -2.17. The first kappa shape index (κ1) is 17.2. The van der Waals surface area contributed by atoms with Gasteiger partial charge >= 0.3 is 0 Å². The Labute approximate surface area is 139 Å². The number of methoxy groups -OCH3 is 1. The maximum absolute atomic E-state index is 5.99. The Morgan fingerprint density at radius 2 is 1.87 bits per heavy atom. The highest BCUT2D eigenvalue weighted by Gasteiger charge is 2.11. The third-order valence-electron chi connectivity index (χ3n) is 3.69. The molecule has 0 aliphatic carbocycles. The first-order chi connectivity index (χ1) is 11.0. The molecule has 124 valence electrons. The van der Waals surface area contributed by atoms with Gasteiger partial charge in [0.05, 0.1) is 13.7 Å². The van der Waals surface area contributed by atoms with Gasteiger partial charge in [-0.15, -0.1) is 0 Å². The predicted molar refractivity (Wildman–Crippen MR) is 96.6 cm³/mol. The molecule has 0 aliphatic rings. The van der Waals surface area contributed by atoms with E-state index in [2.05, 4.69) is 57.3 Å². The molecule has 0 unspecified atom stereocenters. The van der Waals surface area contributed by atoms with Crippen LogP contribution >= 0.6 is 0 Å². The van der Waals surface area contributed by atoms with E-state index in [1.165, 1.54) is 11.1 Å². The van der Waals surface area contributed by atoms with E-state index >= 15 is 0 Å². The highest BCUT2D eigenvalue weighted by Crippen LogP contribution is 2.32. The van der Waals surface area contributed by atoms with Crippen LogP contribution in [-0.2, 0) is 6.54 Å². The van der Waals surface area contributed by atoms with Crippen LogP contribution in [0.1, 0.15) is 30.5 Å². The van der Waals surface area contributed by atoms with Crippen molar-refractivity contribution in [3.63, 3.8) is 0 Å². The summed E-state index contributed by atoms with van der Waals surface area (Å²) in [5.41, 5.74) is 4.77. The van der Waals surface area contributed by atoms with Crippen LogP contribution in [0.4, 0.5) is 5.69 Å². The molecule has 3 nitrogen and oxygen atoms in total. The van der Waals surface area contributed by atoms with Crippen molar-refractivity contribution in [1.82, 2.24) is 0 Å². The van der Waals surface area contributed by atoms with Gasteiger partial charge in [-0.2, -0.15) is 0 Å². The van der Waals surface area contributed by atoms with E-state index in [1.54, 1.807) is 7.11 Å². The Bertz CT molecular complexity index is 650. The Kier molecular flexibility index (Phi) is 5.91. The second-order valence-electron chi connectivity index (χ2n) is 6.33. The van der Waals surface area contributed by atoms with Gasteiger partial charge in [0.1, 0.15) is 0 Å². The molecule has 0 spiro atoms. The molecular weight excluding hydrogens is 286 g/mol. The van der Waals surface area contributed by atoms with Crippen LogP contribution in [0.15, 0.2) is 36.4 Å². The Morgan fingerprint density at radius 1 is 1.09 bits per heavy atom. The van der Waals surface area contributed by atoms with Crippen molar-refractivity contribution in [2.45, 2.75) is 34.2 Å². The van der Waals surface area contributed by atoms with Gasteiger partial charge in [-0.1, -0.05) is 43.7 Å². The molecule has 0 atom stereocenters. The molecule has 0 fully saturated rings. The molecule has 2 rings (SSSR count). The molecule has 0 radical (unpaired) electrons. The van der Waals surface area contributed by atoms with Gasteiger partial charge in [0.15, 0.2) is 11.5 Å². The molecule has 2 aromatic rings. The van der Waals surface area contributed by atoms with Crippen LogP contribution in [0, 0.1) is 19.8 Å². The lowest BCUT2D eigenvalue weighted by molar-refractivity contribution is 0.254. The Hall–Kier alpha value is -2.16. The first-order valence-electron chi connectivity index (χ1n) is 8.11. The molecule has 2 aromatic carbocycles. The quantitative estimate of drug-likeness (QED) is 0.783. The zero-order valence-corrected chi connectivity index (χ0v) is 14.8. The fourth-order valence-corrected chi connectivity index (χ4v) is 2.48. The zero-order chi connectivity index (χ0) is 16.8. The molecule has 0 saturated carbocycles. The third kappa shape index (κ3) is 4.65. The number of hydrogen-bond acceptors (Lipinski definition) is 3. The van der Waals surface area contributed by atoms with E-state index in [0.717, 1.165) is 22.7 Å². The lowest BCUT2D eigenvalue weighted by atomic mass is 10.1. The SMILES string of the molecule is COc1cccc(CNc2ccc(C)cc2C)c1OCC(C)C. The van der Waals surface area contributed by atoms with Crippen molar-refractivity contribution in [1.29, 1.82) is 0 Å². The van der Waals surface area contributed by atoms with Crippen LogP contribution in [0.3, 0.4) is 0 Å². The second kappa shape index (κ2) is 7.91. The smallest absolute Gasteiger partial charge is 0.166 e. The largest absolute Gasteiger partial charge is 0.493 e. The summed E-state index contributed by atoms with van der Waals surface area (Å²) in [5.74, 6) is 2.09. The van der Waals surface area contributed by atoms with Crippen molar-refractivity contribution >= 4 is 5.69 Å². The topological polar surface area (TPSA) is 30.5 Å². The predicted octanol–water partition coefficient (Wildman–Crippen LogP) is 4.96. The van der Waals surface area contributed by atoms with Crippen molar-refractivity contribution in [2.24, 2.45) is 5.92 Å². The molecule has 1 N–H and O–H groups in total. The normalized spacial score (nSPS) is 10.7. The van der Waals surface area contributed by atoms with E-state index in [1.807, 2.05) is 12.1 Å². The molecule has 3 heteroatoms. The van der Waals surface area contributed by atoms with Gasteiger partial charge in [0.2, 0.25) is 0 Å². The van der Waals surface area contributed by atoms with Crippen molar-refractivity contribution in [3.8, 4) is 11.5 Å². The van der Waals surface area contributed by atoms with Gasteiger partial charge in [0.25, 0.3) is 0 Å². The molecule has 0 bridgehead atoms. The average molecular weight is 313 g/mol. The third-order valence-corrected chi connectivity index (χ3v) is 3.69. The fourth-order valence-electron chi connectivity index (χ4n) is 2.48. The van der Waals surface area contributed by atoms with E-state index in [4.69, 9.17) is 9.47 Å². The number of aryl methyl sites for hydroxylation is 2. The van der Waals surface area contributed by atoms with Gasteiger partial charge in [-0.3, -0.25) is 0 Å². The van der Waals surface area contributed by atoms with Crippen LogP contribution in [0.5, 0.6) is 11.5 Å². The summed E-state index contributed by atoms with van der Waals surface area (Å²) >= 11 is 0. The summed E-state index contributed by atoms with van der Waals surface area (Å²) in [7, 11) is 1.68. The highest BCUT2D eigenvalue weighted by molar-refractivity contribution is 5.54. The van der Waals surface area contributed by atoms with Crippen LogP contribution in [0.25, 0.3) is 0 Å². The monoisotopic (exact) mass is 313 g/mol. The maximum atomic E-state index is 5.99. The van der Waals surface area contributed by atoms with Crippen LogP contribution in [-0.4, -0.2) is 13.7 Å². The van der Waals surface area contributed by atoms with Gasteiger partial charge < -0.3 is 14.8 Å². The van der Waals surface area contributed by atoms with E-state index in [-0.39, 0.29) is 0 Å². The maximum Gasteiger partial charge on any atom is 0.166 e. The number of nitrogens with one attached hydrogen (secondary N) is 1. The van der Waals surface area contributed by atoms with E-state index in [0.29, 0.717) is 19.1 Å². The summed E-state index contributed by atoms with van der Waals surface area (Å²) in [5, 5.41) is 3.50. The minimum Gasteiger partial charge on any atom is -0.493 e. The molecule has 0 amide bonds. The van der Waals surface area contributed by atoms with E-state index < -0.39 is 0 Å². The summed E-state index contributed by atoms with van der Waals surface area (Å²) in [6.45, 7) is 9.89. The summed E-state index contributed by atoms with van der Waals surface area (Å²) in [6.07, 6.45) is 0. The number of ether oxygens (including phenoxy) is 2. The molecule has 0 heterocycles. The Balaban J connectivity index is 2.18. The Morgan fingerprint density at radius 3 is 2.52 bits per heavy atom. The lowest BCUT2D eigenvalue weighted by Crippen LogP contribution is -2.09. The fraction of sp³-hybridized carbons (Fsp3) is 0.400. The molecule has 0 aromatic heterocycles. The van der Waals surface area contributed by atoms with Crippen molar-refractivity contribution in [3.05, 3.63) is 53.1 Å². The van der Waals surface area contributed by atoms with Crippen molar-refractivity contribution in [2.75, 3.05) is 19.0 Å². The zero-order valence-electron chi connectivity index (χ0n) is 14.8. The highest BCUT2D eigenvalue weighted by atomic mass is 16.5. The van der Waals surface area contributed by atoms with Gasteiger partial charge in [-0.05, 0) is 37.5 Å². The number of hydrogen-bond donors (Lipinski definition) is 1.